The molecular weight excluding hydrogens is 130 g/mol. The van der Waals surface area contributed by atoms with Crippen LogP contribution in [0, 0.1) is 5.92 Å². The van der Waals surface area contributed by atoms with Gasteiger partial charge in [-0.2, -0.15) is 0 Å². The molecule has 0 N–H and O–H groups in total. The molecule has 0 aliphatic rings. The fourth-order valence-electron chi connectivity index (χ4n) is 0.823. The molecule has 0 amide bonds. The van der Waals surface area contributed by atoms with Gasteiger partial charge in [0.15, 0.2) is 0 Å². The Hall–Kier alpha value is -0.570. The number of hydrogen-bond acceptors (Lipinski definition) is 3. The maximum atomic E-state index is 10.8. The molecule has 0 radical (unpaired) electrons. The average Bonchev–Trinajstić information content (AvgIpc) is 1.85. The van der Waals surface area contributed by atoms with Gasteiger partial charge in [-0.05, 0) is 14.1 Å². The first-order valence-corrected chi connectivity index (χ1v) is 3.30. The number of esters is 1. The zero-order valence-electron chi connectivity index (χ0n) is 7.05. The molecule has 60 valence electrons. The molecule has 10 heavy (non-hydrogen) atoms. The van der Waals surface area contributed by atoms with Crippen LogP contribution >= 0.6 is 0 Å². The number of methoxy groups -OCH3 is 1. The Labute approximate surface area is 62.0 Å². The van der Waals surface area contributed by atoms with Crippen LogP contribution in [0.15, 0.2) is 0 Å². The van der Waals surface area contributed by atoms with Gasteiger partial charge in [-0.3, -0.25) is 4.79 Å². The van der Waals surface area contributed by atoms with Crippen molar-refractivity contribution in [1.29, 1.82) is 0 Å². The van der Waals surface area contributed by atoms with Gasteiger partial charge in [0.1, 0.15) is 0 Å². The Balaban J connectivity index is 3.61. The van der Waals surface area contributed by atoms with Crippen LogP contribution in [0.2, 0.25) is 0 Å². The minimum absolute atomic E-state index is 0.0278. The highest BCUT2D eigenvalue weighted by molar-refractivity contribution is 5.71. The third-order valence-electron chi connectivity index (χ3n) is 1.24. The van der Waals surface area contributed by atoms with E-state index < -0.39 is 0 Å². The third kappa shape index (κ3) is 3.45. The van der Waals surface area contributed by atoms with Crippen molar-refractivity contribution in [3.63, 3.8) is 0 Å². The summed E-state index contributed by atoms with van der Waals surface area (Å²) in [6, 6.07) is 0. The van der Waals surface area contributed by atoms with Crippen molar-refractivity contribution < 1.29 is 9.53 Å². The third-order valence-corrected chi connectivity index (χ3v) is 1.24. The number of carbonyl (C=O) groups excluding carboxylic acids is 1. The van der Waals surface area contributed by atoms with E-state index in [0.29, 0.717) is 0 Å². The second-order valence-electron chi connectivity index (χ2n) is 2.69. The van der Waals surface area contributed by atoms with Crippen molar-refractivity contribution in [3.05, 3.63) is 0 Å². The molecule has 3 heteroatoms. The summed E-state index contributed by atoms with van der Waals surface area (Å²) in [4.78, 5) is 12.8. The first-order valence-electron chi connectivity index (χ1n) is 3.30. The number of carbonyl (C=O) groups is 1. The summed E-state index contributed by atoms with van der Waals surface area (Å²) >= 11 is 0. The highest BCUT2D eigenvalue weighted by Gasteiger charge is 2.12. The van der Waals surface area contributed by atoms with E-state index in [-0.39, 0.29) is 11.9 Å². The zero-order valence-corrected chi connectivity index (χ0v) is 7.05. The molecule has 0 aromatic rings. The highest BCUT2D eigenvalue weighted by atomic mass is 16.5. The topological polar surface area (TPSA) is 29.5 Å². The molecule has 0 aliphatic heterocycles. The second-order valence-corrected chi connectivity index (χ2v) is 2.69. The Morgan fingerprint density at radius 2 is 2.10 bits per heavy atom. The van der Waals surface area contributed by atoms with Crippen LogP contribution in [-0.2, 0) is 9.53 Å². The molecule has 0 spiro atoms. The van der Waals surface area contributed by atoms with E-state index in [1.165, 1.54) is 7.11 Å². The van der Waals surface area contributed by atoms with Gasteiger partial charge in [0, 0.05) is 6.54 Å². The molecule has 0 rings (SSSR count). The van der Waals surface area contributed by atoms with Crippen molar-refractivity contribution in [2.45, 2.75) is 6.92 Å². The van der Waals surface area contributed by atoms with E-state index >= 15 is 0 Å². The molecule has 0 aromatic heterocycles. The molecule has 0 aromatic carbocycles. The summed E-state index contributed by atoms with van der Waals surface area (Å²) in [5, 5.41) is 0. The lowest BCUT2D eigenvalue weighted by molar-refractivity contribution is -0.145. The molecule has 1 atom stereocenters. The fraction of sp³-hybridized carbons (Fsp3) is 0.857. The largest absolute Gasteiger partial charge is 0.469 e. The molecule has 3 nitrogen and oxygen atoms in total. The number of ether oxygens (including phenoxy) is 1. The molecule has 0 fully saturated rings. The van der Waals surface area contributed by atoms with Crippen LogP contribution in [0.4, 0.5) is 0 Å². The Bertz CT molecular complexity index is 112. The lowest BCUT2D eigenvalue weighted by Crippen LogP contribution is -2.26. The van der Waals surface area contributed by atoms with Gasteiger partial charge in [0.05, 0.1) is 13.0 Å². The molecule has 0 aliphatic carbocycles. The van der Waals surface area contributed by atoms with Crippen molar-refractivity contribution in [3.8, 4) is 0 Å². The van der Waals surface area contributed by atoms with Crippen molar-refractivity contribution in [2.75, 3.05) is 27.7 Å². The zero-order chi connectivity index (χ0) is 8.15. The van der Waals surface area contributed by atoms with E-state index in [1.54, 1.807) is 0 Å². The minimum Gasteiger partial charge on any atom is -0.469 e. The monoisotopic (exact) mass is 145 g/mol. The molecule has 0 unspecified atom stereocenters. The normalized spacial score (nSPS) is 13.3. The lowest BCUT2D eigenvalue weighted by atomic mass is 10.2. The highest BCUT2D eigenvalue weighted by Crippen LogP contribution is 1.97. The van der Waals surface area contributed by atoms with E-state index in [4.69, 9.17) is 0 Å². The molecule has 0 saturated heterocycles. The van der Waals surface area contributed by atoms with Crippen LogP contribution in [0.1, 0.15) is 6.92 Å². The van der Waals surface area contributed by atoms with Crippen LogP contribution in [-0.4, -0.2) is 38.6 Å². The Morgan fingerprint density at radius 3 is 2.40 bits per heavy atom. The van der Waals surface area contributed by atoms with Gasteiger partial charge >= 0.3 is 5.97 Å². The SMILES string of the molecule is COC(=O)[C@@H](C)CN(C)C. The maximum Gasteiger partial charge on any atom is 0.309 e. The summed E-state index contributed by atoms with van der Waals surface area (Å²) in [7, 11) is 5.27. The standard InChI is InChI=1S/C7H15NO2/c1-6(5-8(2)3)7(9)10-4/h6H,5H2,1-4H3/t6-/m0/s1. The molecule has 0 heterocycles. The van der Waals surface area contributed by atoms with Crippen molar-refractivity contribution in [1.82, 2.24) is 4.90 Å². The molecule has 0 bridgehead atoms. The van der Waals surface area contributed by atoms with E-state index in [9.17, 15) is 4.79 Å². The van der Waals surface area contributed by atoms with Crippen molar-refractivity contribution in [2.24, 2.45) is 5.92 Å². The quantitative estimate of drug-likeness (QED) is 0.537. The van der Waals surface area contributed by atoms with Gasteiger partial charge in [-0.1, -0.05) is 6.92 Å². The predicted molar refractivity (Wildman–Crippen MR) is 39.7 cm³/mol. The first-order chi connectivity index (χ1) is 4.57. The van der Waals surface area contributed by atoms with E-state index in [1.807, 2.05) is 25.9 Å². The number of rotatable bonds is 3. The average molecular weight is 145 g/mol. The summed E-state index contributed by atoms with van der Waals surface area (Å²) in [5.41, 5.74) is 0. The molecule has 0 saturated carbocycles. The second kappa shape index (κ2) is 4.28. The van der Waals surface area contributed by atoms with E-state index in [2.05, 4.69) is 4.74 Å². The Morgan fingerprint density at radius 1 is 1.60 bits per heavy atom. The fourth-order valence-corrected chi connectivity index (χ4v) is 0.823. The number of hydrogen-bond donors (Lipinski definition) is 0. The maximum absolute atomic E-state index is 10.8. The van der Waals surface area contributed by atoms with Gasteiger partial charge in [0.2, 0.25) is 0 Å². The van der Waals surface area contributed by atoms with Gasteiger partial charge in [0.25, 0.3) is 0 Å². The summed E-state index contributed by atoms with van der Waals surface area (Å²) < 4.78 is 4.55. The molecular formula is C7H15NO2. The summed E-state index contributed by atoms with van der Waals surface area (Å²) in [6.07, 6.45) is 0. The van der Waals surface area contributed by atoms with Crippen molar-refractivity contribution >= 4 is 5.97 Å². The van der Waals surface area contributed by atoms with Gasteiger partial charge in [-0.15, -0.1) is 0 Å². The number of nitrogens with zero attached hydrogens (tertiary/aromatic N) is 1. The lowest BCUT2D eigenvalue weighted by Gasteiger charge is -2.13. The van der Waals surface area contributed by atoms with Crippen LogP contribution in [0.5, 0.6) is 0 Å². The van der Waals surface area contributed by atoms with Crippen LogP contribution in [0.3, 0.4) is 0 Å². The van der Waals surface area contributed by atoms with Crippen LogP contribution < -0.4 is 0 Å². The summed E-state index contributed by atoms with van der Waals surface area (Å²) in [6.45, 7) is 2.60. The van der Waals surface area contributed by atoms with E-state index in [0.717, 1.165) is 6.54 Å². The first kappa shape index (κ1) is 9.43. The summed E-state index contributed by atoms with van der Waals surface area (Å²) in [5.74, 6) is -0.173. The smallest absolute Gasteiger partial charge is 0.309 e. The Kier molecular flexibility index (Phi) is 4.03. The minimum atomic E-state index is -0.145. The predicted octanol–water partition coefficient (Wildman–Crippen LogP) is 0.357. The van der Waals surface area contributed by atoms with Gasteiger partial charge < -0.3 is 9.64 Å². The van der Waals surface area contributed by atoms with Crippen LogP contribution in [0.25, 0.3) is 0 Å². The van der Waals surface area contributed by atoms with Gasteiger partial charge in [-0.25, -0.2) is 0 Å².